The summed E-state index contributed by atoms with van der Waals surface area (Å²) in [5.41, 5.74) is 0.940. The number of non-ortho nitro benzene ring substituents is 1. The molecule has 1 saturated carbocycles. The first kappa shape index (κ1) is 17.5. The Balaban J connectivity index is 1.40. The largest absolute Gasteiger partial charge is 0.481 e. The van der Waals surface area contributed by atoms with Crippen LogP contribution in [-0.4, -0.2) is 53.0 Å². The molecule has 1 aliphatic heterocycles. The number of carboxylic acid groups (broad SMARTS) is 1. The van der Waals surface area contributed by atoms with Gasteiger partial charge in [0, 0.05) is 44.0 Å². The topological polar surface area (TPSA) is 104 Å². The molecule has 1 saturated heterocycles. The van der Waals surface area contributed by atoms with Crippen molar-refractivity contribution < 1.29 is 19.6 Å². The molecule has 0 unspecified atom stereocenters. The number of amides is 1. The Morgan fingerprint density at radius 3 is 2.15 bits per heavy atom. The average molecular weight is 371 g/mol. The van der Waals surface area contributed by atoms with Crippen LogP contribution < -0.4 is 4.90 Å². The van der Waals surface area contributed by atoms with Crippen molar-refractivity contribution in [3.8, 4) is 0 Å². The molecule has 0 aromatic heterocycles. The zero-order valence-electron chi connectivity index (χ0n) is 14.7. The maximum atomic E-state index is 13.0. The highest BCUT2D eigenvalue weighted by Crippen LogP contribution is 2.48. The maximum Gasteiger partial charge on any atom is 0.307 e. The summed E-state index contributed by atoms with van der Waals surface area (Å²) in [5, 5.41) is 20.3. The zero-order valence-corrected chi connectivity index (χ0v) is 14.7. The molecule has 8 nitrogen and oxygen atoms in total. The summed E-state index contributed by atoms with van der Waals surface area (Å²) >= 11 is 0. The van der Waals surface area contributed by atoms with Crippen LogP contribution in [0.2, 0.25) is 0 Å². The van der Waals surface area contributed by atoms with Gasteiger partial charge in [-0.3, -0.25) is 19.7 Å². The number of carbonyl (C=O) groups excluding carboxylic acids is 1. The summed E-state index contributed by atoms with van der Waals surface area (Å²) in [5.74, 6) is -1.99. The van der Waals surface area contributed by atoms with Crippen LogP contribution >= 0.6 is 0 Å². The van der Waals surface area contributed by atoms with Gasteiger partial charge in [-0.15, -0.1) is 0 Å². The molecule has 0 spiro atoms. The summed E-state index contributed by atoms with van der Waals surface area (Å²) in [6, 6.07) is 6.39. The predicted octanol–water partition coefficient (Wildman–Crippen LogP) is 1.77. The van der Waals surface area contributed by atoms with E-state index in [1.54, 1.807) is 17.0 Å². The number of nitro groups is 1. The Labute approximate surface area is 156 Å². The lowest BCUT2D eigenvalue weighted by Gasteiger charge is -2.38. The van der Waals surface area contributed by atoms with Crippen molar-refractivity contribution in [1.82, 2.24) is 4.90 Å². The highest BCUT2D eigenvalue weighted by atomic mass is 16.6. The summed E-state index contributed by atoms with van der Waals surface area (Å²) in [4.78, 5) is 38.8. The minimum absolute atomic E-state index is 0.0251. The van der Waals surface area contributed by atoms with Crippen LogP contribution in [0.5, 0.6) is 0 Å². The third-order valence-corrected chi connectivity index (χ3v) is 6.05. The van der Waals surface area contributed by atoms with E-state index in [-0.39, 0.29) is 23.4 Å². The van der Waals surface area contributed by atoms with Crippen molar-refractivity contribution >= 4 is 23.3 Å². The predicted molar refractivity (Wildman–Crippen MR) is 97.2 cm³/mol. The SMILES string of the molecule is O=C(O)[C@@H]1[C@@H](C(=O)N2CCN(c3ccc([N+](=O)[O-])cc3)CC2)[C@@H]2C=C[C@H]1C2. The van der Waals surface area contributed by atoms with E-state index < -0.39 is 22.7 Å². The number of allylic oxidation sites excluding steroid dienone is 2. The minimum Gasteiger partial charge on any atom is -0.481 e. The molecular formula is C19H21N3O5. The van der Waals surface area contributed by atoms with E-state index >= 15 is 0 Å². The molecular weight excluding hydrogens is 350 g/mol. The molecule has 1 N–H and O–H groups in total. The van der Waals surface area contributed by atoms with Gasteiger partial charge in [0.15, 0.2) is 0 Å². The minimum atomic E-state index is -0.880. The van der Waals surface area contributed by atoms with Crippen LogP contribution in [0.4, 0.5) is 11.4 Å². The average Bonchev–Trinajstić information content (AvgIpc) is 3.29. The normalized spacial score (nSPS) is 29.2. The number of carboxylic acids is 1. The summed E-state index contributed by atoms with van der Waals surface area (Å²) in [7, 11) is 0. The van der Waals surface area contributed by atoms with Crippen LogP contribution in [-0.2, 0) is 9.59 Å². The molecule has 1 heterocycles. The maximum absolute atomic E-state index is 13.0. The van der Waals surface area contributed by atoms with Crippen LogP contribution in [0.15, 0.2) is 36.4 Å². The van der Waals surface area contributed by atoms with Gasteiger partial charge in [0.1, 0.15) is 0 Å². The zero-order chi connectivity index (χ0) is 19.1. The number of anilines is 1. The standard InChI is InChI=1S/C19H21N3O5/c23-18(16-12-1-2-13(11-12)17(16)19(24)25)21-9-7-20(8-10-21)14-3-5-15(6-4-14)22(26)27/h1-6,12-13,16-17H,7-11H2,(H,24,25)/t12-,13+,16+,17+/m1/s1. The number of hydrogen-bond acceptors (Lipinski definition) is 5. The quantitative estimate of drug-likeness (QED) is 0.491. The number of piperazine rings is 1. The molecule has 1 amide bonds. The number of carbonyl (C=O) groups is 2. The van der Waals surface area contributed by atoms with E-state index in [1.165, 1.54) is 12.1 Å². The fourth-order valence-electron chi connectivity index (χ4n) is 4.68. The first-order chi connectivity index (χ1) is 13.0. The third-order valence-electron chi connectivity index (χ3n) is 6.05. The Hall–Kier alpha value is -2.90. The number of benzene rings is 1. The molecule has 2 bridgehead atoms. The third kappa shape index (κ3) is 3.05. The lowest BCUT2D eigenvalue weighted by atomic mass is 9.82. The fourth-order valence-corrected chi connectivity index (χ4v) is 4.68. The molecule has 8 heteroatoms. The van der Waals surface area contributed by atoms with Gasteiger partial charge >= 0.3 is 5.97 Å². The lowest BCUT2D eigenvalue weighted by molar-refractivity contribution is -0.384. The van der Waals surface area contributed by atoms with Gasteiger partial charge in [0.25, 0.3) is 5.69 Å². The van der Waals surface area contributed by atoms with Gasteiger partial charge in [-0.1, -0.05) is 12.2 Å². The molecule has 3 aliphatic rings. The summed E-state index contributed by atoms with van der Waals surface area (Å²) in [6.07, 6.45) is 4.70. The highest BCUT2D eigenvalue weighted by molar-refractivity contribution is 5.87. The second kappa shape index (κ2) is 6.68. The van der Waals surface area contributed by atoms with Gasteiger partial charge in [-0.05, 0) is 30.4 Å². The van der Waals surface area contributed by atoms with Crippen molar-refractivity contribution in [3.05, 3.63) is 46.5 Å². The molecule has 2 fully saturated rings. The monoisotopic (exact) mass is 371 g/mol. The van der Waals surface area contributed by atoms with Crippen molar-refractivity contribution in [2.45, 2.75) is 6.42 Å². The summed E-state index contributed by atoms with van der Waals surface area (Å²) < 4.78 is 0. The van der Waals surface area contributed by atoms with Crippen LogP contribution in [0.1, 0.15) is 6.42 Å². The van der Waals surface area contributed by atoms with Crippen LogP contribution in [0, 0.1) is 33.8 Å². The van der Waals surface area contributed by atoms with Crippen molar-refractivity contribution in [1.29, 1.82) is 0 Å². The van der Waals surface area contributed by atoms with Crippen molar-refractivity contribution in [2.24, 2.45) is 23.7 Å². The number of fused-ring (bicyclic) bond motifs is 2. The van der Waals surface area contributed by atoms with Crippen LogP contribution in [0.25, 0.3) is 0 Å². The van der Waals surface area contributed by atoms with E-state index in [2.05, 4.69) is 4.90 Å². The number of aliphatic carboxylic acids is 1. The Kier molecular flexibility index (Phi) is 4.33. The molecule has 142 valence electrons. The molecule has 1 aromatic carbocycles. The first-order valence-electron chi connectivity index (χ1n) is 9.15. The van der Waals surface area contributed by atoms with Crippen LogP contribution in [0.3, 0.4) is 0 Å². The number of hydrogen-bond donors (Lipinski definition) is 1. The van der Waals surface area contributed by atoms with Crippen molar-refractivity contribution in [3.63, 3.8) is 0 Å². The first-order valence-corrected chi connectivity index (χ1v) is 9.15. The highest BCUT2D eigenvalue weighted by Gasteiger charge is 2.52. The second-order valence-electron chi connectivity index (χ2n) is 7.42. The van der Waals surface area contributed by atoms with E-state index in [9.17, 15) is 24.8 Å². The molecule has 4 atom stereocenters. The Morgan fingerprint density at radius 2 is 1.59 bits per heavy atom. The number of rotatable bonds is 4. The van der Waals surface area contributed by atoms with Crippen molar-refractivity contribution in [2.75, 3.05) is 31.1 Å². The van der Waals surface area contributed by atoms with Gasteiger partial charge in [-0.25, -0.2) is 0 Å². The van der Waals surface area contributed by atoms with Gasteiger partial charge in [0.05, 0.1) is 16.8 Å². The summed E-state index contributed by atoms with van der Waals surface area (Å²) in [6.45, 7) is 2.30. The lowest BCUT2D eigenvalue weighted by Crippen LogP contribution is -2.52. The molecule has 1 aromatic rings. The van der Waals surface area contributed by atoms with E-state index in [1.807, 2.05) is 12.2 Å². The van der Waals surface area contributed by atoms with E-state index in [0.717, 1.165) is 12.1 Å². The van der Waals surface area contributed by atoms with Gasteiger partial charge < -0.3 is 14.9 Å². The molecule has 4 rings (SSSR count). The van der Waals surface area contributed by atoms with Gasteiger partial charge in [0.2, 0.25) is 5.91 Å². The Morgan fingerprint density at radius 1 is 1.00 bits per heavy atom. The van der Waals surface area contributed by atoms with E-state index in [0.29, 0.717) is 26.2 Å². The van der Waals surface area contributed by atoms with E-state index in [4.69, 9.17) is 0 Å². The van der Waals surface area contributed by atoms with Gasteiger partial charge in [-0.2, -0.15) is 0 Å². The molecule has 0 radical (unpaired) electrons. The second-order valence-corrected chi connectivity index (χ2v) is 7.42. The molecule has 2 aliphatic carbocycles. The number of nitro benzene ring substituents is 1. The number of nitrogens with zero attached hydrogens (tertiary/aromatic N) is 3. The molecule has 27 heavy (non-hydrogen) atoms. The fraction of sp³-hybridized carbons (Fsp3) is 0.474. The smallest absolute Gasteiger partial charge is 0.307 e. The Bertz CT molecular complexity index is 798.